The lowest BCUT2D eigenvalue weighted by atomic mass is 9.91. The molecule has 0 saturated heterocycles. The van der Waals surface area contributed by atoms with Gasteiger partial charge in [-0.05, 0) is 36.5 Å². The van der Waals surface area contributed by atoms with Gasteiger partial charge in [-0.3, -0.25) is 0 Å². The molecular weight excluding hydrogens is 148 g/mol. The molecule has 0 amide bonds. The van der Waals surface area contributed by atoms with Crippen LogP contribution in [0, 0.1) is 6.92 Å². The first-order chi connectivity index (χ1) is 5.79. The molecule has 1 nitrogen and oxygen atoms in total. The molecule has 1 aliphatic heterocycles. The maximum atomic E-state index is 5.57. The second-order valence-corrected chi connectivity index (χ2v) is 3.52. The molecule has 0 saturated carbocycles. The Kier molecular flexibility index (Phi) is 1.80. The number of hydrogen-bond donors (Lipinski definition) is 0. The highest BCUT2D eigenvalue weighted by molar-refractivity contribution is 5.43. The van der Waals surface area contributed by atoms with Gasteiger partial charge >= 0.3 is 0 Å². The van der Waals surface area contributed by atoms with Crippen LogP contribution in [0.5, 0.6) is 5.75 Å². The van der Waals surface area contributed by atoms with E-state index in [-0.39, 0.29) is 0 Å². The fourth-order valence-corrected chi connectivity index (χ4v) is 1.90. The van der Waals surface area contributed by atoms with Crippen LogP contribution in [0.1, 0.15) is 30.4 Å². The zero-order chi connectivity index (χ0) is 8.55. The largest absolute Gasteiger partial charge is 0.493 e. The molecule has 0 N–H and O–H groups in total. The van der Waals surface area contributed by atoms with Crippen molar-refractivity contribution in [2.24, 2.45) is 0 Å². The van der Waals surface area contributed by atoms with Gasteiger partial charge in [0.05, 0.1) is 6.61 Å². The van der Waals surface area contributed by atoms with E-state index in [9.17, 15) is 0 Å². The van der Waals surface area contributed by atoms with Gasteiger partial charge in [-0.2, -0.15) is 0 Å². The van der Waals surface area contributed by atoms with E-state index < -0.39 is 0 Å². The summed E-state index contributed by atoms with van der Waals surface area (Å²) in [6.07, 6.45) is 1.15. The van der Waals surface area contributed by atoms with Gasteiger partial charge in [0.25, 0.3) is 0 Å². The fraction of sp³-hybridized carbons (Fsp3) is 0.455. The Balaban J connectivity index is 2.53. The molecule has 0 bridgehead atoms. The van der Waals surface area contributed by atoms with Crippen molar-refractivity contribution >= 4 is 0 Å². The van der Waals surface area contributed by atoms with Crippen molar-refractivity contribution in [1.82, 2.24) is 0 Å². The summed E-state index contributed by atoms with van der Waals surface area (Å²) >= 11 is 0. The molecule has 0 spiro atoms. The molecule has 12 heavy (non-hydrogen) atoms. The van der Waals surface area contributed by atoms with E-state index in [1.54, 1.807) is 0 Å². The third-order valence-electron chi connectivity index (χ3n) is 2.59. The molecule has 0 aliphatic carbocycles. The summed E-state index contributed by atoms with van der Waals surface area (Å²) in [6.45, 7) is 5.30. The third-order valence-corrected chi connectivity index (χ3v) is 2.59. The van der Waals surface area contributed by atoms with Crippen LogP contribution in [-0.4, -0.2) is 6.61 Å². The predicted octanol–water partition coefficient (Wildman–Crippen LogP) is 2.88. The number of rotatable bonds is 0. The van der Waals surface area contributed by atoms with E-state index in [2.05, 4.69) is 32.0 Å². The molecule has 1 unspecified atom stereocenters. The second kappa shape index (κ2) is 2.81. The number of ether oxygens (including phenoxy) is 1. The maximum Gasteiger partial charge on any atom is 0.123 e. The first-order valence-corrected chi connectivity index (χ1v) is 4.51. The summed E-state index contributed by atoms with van der Waals surface area (Å²) in [5.41, 5.74) is 2.77. The maximum absolute atomic E-state index is 5.57. The normalized spacial score (nSPS) is 21.3. The molecule has 1 aliphatic rings. The van der Waals surface area contributed by atoms with Gasteiger partial charge in [-0.15, -0.1) is 0 Å². The van der Waals surface area contributed by atoms with Crippen LogP contribution in [0.4, 0.5) is 0 Å². The quantitative estimate of drug-likeness (QED) is 0.570. The van der Waals surface area contributed by atoms with Crippen molar-refractivity contribution in [3.63, 3.8) is 0 Å². The Labute approximate surface area is 73.4 Å². The van der Waals surface area contributed by atoms with Gasteiger partial charge in [0.1, 0.15) is 5.75 Å². The van der Waals surface area contributed by atoms with E-state index in [4.69, 9.17) is 4.74 Å². The number of aryl methyl sites for hydroxylation is 1. The van der Waals surface area contributed by atoms with Gasteiger partial charge < -0.3 is 4.74 Å². The zero-order valence-corrected chi connectivity index (χ0v) is 7.63. The molecule has 1 heterocycles. The topological polar surface area (TPSA) is 9.23 Å². The highest BCUT2D eigenvalue weighted by Crippen LogP contribution is 2.35. The lowest BCUT2D eigenvalue weighted by Gasteiger charge is -2.24. The van der Waals surface area contributed by atoms with Crippen LogP contribution in [0.15, 0.2) is 18.2 Å². The van der Waals surface area contributed by atoms with Crippen molar-refractivity contribution < 1.29 is 4.74 Å². The summed E-state index contributed by atoms with van der Waals surface area (Å²) in [5, 5.41) is 0. The van der Waals surface area contributed by atoms with Crippen LogP contribution < -0.4 is 4.74 Å². The Morgan fingerprint density at radius 1 is 1.42 bits per heavy atom. The minimum atomic E-state index is 0.662. The molecule has 1 aromatic rings. The second-order valence-electron chi connectivity index (χ2n) is 3.52. The molecule has 0 radical (unpaired) electrons. The molecule has 1 aromatic carbocycles. The Hall–Kier alpha value is -0.980. The van der Waals surface area contributed by atoms with Gasteiger partial charge in [-0.25, -0.2) is 0 Å². The molecule has 64 valence electrons. The van der Waals surface area contributed by atoms with Gasteiger partial charge in [0.2, 0.25) is 0 Å². The van der Waals surface area contributed by atoms with Crippen LogP contribution in [0.25, 0.3) is 0 Å². The molecule has 0 fully saturated rings. The number of fused-ring (bicyclic) bond motifs is 1. The third kappa shape index (κ3) is 1.09. The zero-order valence-electron chi connectivity index (χ0n) is 7.63. The minimum absolute atomic E-state index is 0.662. The van der Waals surface area contributed by atoms with E-state index >= 15 is 0 Å². The Bertz CT molecular complexity index is 291. The van der Waals surface area contributed by atoms with Crippen LogP contribution in [-0.2, 0) is 0 Å². The Morgan fingerprint density at radius 2 is 2.25 bits per heavy atom. The van der Waals surface area contributed by atoms with E-state index in [1.807, 2.05) is 0 Å². The molecule has 0 aromatic heterocycles. The lowest BCUT2D eigenvalue weighted by Crippen LogP contribution is -2.12. The molecule has 1 heteroatoms. The van der Waals surface area contributed by atoms with Gasteiger partial charge in [-0.1, -0.05) is 19.1 Å². The predicted molar refractivity (Wildman–Crippen MR) is 49.7 cm³/mol. The molecular formula is C11H14O. The average Bonchev–Trinajstić information content (AvgIpc) is 2.04. The lowest BCUT2D eigenvalue weighted by molar-refractivity contribution is 0.271. The van der Waals surface area contributed by atoms with E-state index in [0.29, 0.717) is 5.92 Å². The number of hydrogen-bond acceptors (Lipinski definition) is 1. The van der Waals surface area contributed by atoms with Crippen LogP contribution >= 0.6 is 0 Å². The van der Waals surface area contributed by atoms with Gasteiger partial charge in [0.15, 0.2) is 0 Å². The van der Waals surface area contributed by atoms with Gasteiger partial charge in [0, 0.05) is 0 Å². The summed E-state index contributed by atoms with van der Waals surface area (Å²) in [6, 6.07) is 6.29. The monoisotopic (exact) mass is 162 g/mol. The van der Waals surface area contributed by atoms with E-state index in [1.165, 1.54) is 11.1 Å². The van der Waals surface area contributed by atoms with Crippen molar-refractivity contribution in [2.45, 2.75) is 26.2 Å². The first-order valence-electron chi connectivity index (χ1n) is 4.51. The SMILES string of the molecule is Cc1cccc2c1C(C)CCO2. The van der Waals surface area contributed by atoms with Crippen LogP contribution in [0.3, 0.4) is 0 Å². The van der Waals surface area contributed by atoms with E-state index in [0.717, 1.165) is 18.8 Å². The van der Waals surface area contributed by atoms with Crippen LogP contribution in [0.2, 0.25) is 0 Å². The van der Waals surface area contributed by atoms with Crippen molar-refractivity contribution in [1.29, 1.82) is 0 Å². The van der Waals surface area contributed by atoms with Crippen molar-refractivity contribution in [3.05, 3.63) is 29.3 Å². The highest BCUT2D eigenvalue weighted by atomic mass is 16.5. The molecule has 2 rings (SSSR count). The van der Waals surface area contributed by atoms with Crippen molar-refractivity contribution in [2.75, 3.05) is 6.61 Å². The first kappa shape index (κ1) is 7.66. The highest BCUT2D eigenvalue weighted by Gasteiger charge is 2.18. The van der Waals surface area contributed by atoms with Crippen molar-refractivity contribution in [3.8, 4) is 5.75 Å². The minimum Gasteiger partial charge on any atom is -0.493 e. The standard InChI is InChI=1S/C11H14O/c1-8-4-3-5-10-11(8)9(2)6-7-12-10/h3-5,9H,6-7H2,1-2H3. The summed E-state index contributed by atoms with van der Waals surface area (Å²) in [4.78, 5) is 0. The molecule has 1 atom stereocenters. The number of benzene rings is 1. The summed E-state index contributed by atoms with van der Waals surface area (Å²) in [7, 11) is 0. The average molecular weight is 162 g/mol. The summed E-state index contributed by atoms with van der Waals surface area (Å²) < 4.78 is 5.57. The Morgan fingerprint density at radius 3 is 3.00 bits per heavy atom. The smallest absolute Gasteiger partial charge is 0.123 e. The summed E-state index contributed by atoms with van der Waals surface area (Å²) in [5.74, 6) is 1.75. The fourth-order valence-electron chi connectivity index (χ4n) is 1.90.